The van der Waals surface area contributed by atoms with Crippen molar-refractivity contribution in [3.63, 3.8) is 0 Å². The summed E-state index contributed by atoms with van der Waals surface area (Å²) in [5.41, 5.74) is 7.97. The standard InChI is InChI=1S/C20H19N5O3S/c21-17-14-19(25(9-22-14)20-16(29)15(27)13(8-26)28-20)24-18(23-17)12-7-3-5-10-4-1-2-6-11(10)12/h1-7,9,13,15-16,20,26-27,29H,8H2,(H2,21,23,24)/t13-,15-,16-,20-/m1/s1. The molecule has 5 rings (SSSR count). The van der Waals surface area contributed by atoms with E-state index in [0.29, 0.717) is 17.0 Å². The maximum absolute atomic E-state index is 10.3. The Morgan fingerprint density at radius 2 is 1.93 bits per heavy atom. The van der Waals surface area contributed by atoms with Crippen molar-refractivity contribution in [2.45, 2.75) is 23.7 Å². The first-order valence-electron chi connectivity index (χ1n) is 9.19. The van der Waals surface area contributed by atoms with E-state index in [9.17, 15) is 10.2 Å². The van der Waals surface area contributed by atoms with Gasteiger partial charge in [0.2, 0.25) is 0 Å². The number of aromatic nitrogens is 4. The molecule has 0 amide bonds. The predicted octanol–water partition coefficient (Wildman–Crippen LogP) is 1.78. The summed E-state index contributed by atoms with van der Waals surface area (Å²) >= 11 is 4.47. The number of thiol groups is 1. The minimum absolute atomic E-state index is 0.254. The fourth-order valence-electron chi connectivity index (χ4n) is 3.78. The van der Waals surface area contributed by atoms with Gasteiger partial charge >= 0.3 is 0 Å². The van der Waals surface area contributed by atoms with Gasteiger partial charge in [0.05, 0.1) is 24.3 Å². The Bertz CT molecular complexity index is 1210. The smallest absolute Gasteiger partial charge is 0.168 e. The lowest BCUT2D eigenvalue weighted by molar-refractivity contribution is -0.0430. The minimum atomic E-state index is -0.914. The summed E-state index contributed by atoms with van der Waals surface area (Å²) in [5, 5.41) is 21.2. The third-order valence-electron chi connectivity index (χ3n) is 5.27. The van der Waals surface area contributed by atoms with Gasteiger partial charge in [-0.3, -0.25) is 4.57 Å². The van der Waals surface area contributed by atoms with Crippen molar-refractivity contribution in [3.8, 4) is 11.4 Å². The number of aliphatic hydroxyl groups excluding tert-OH is 2. The number of hydrogen-bond donors (Lipinski definition) is 4. The molecule has 3 heterocycles. The summed E-state index contributed by atoms with van der Waals surface area (Å²) in [6, 6.07) is 13.9. The maximum Gasteiger partial charge on any atom is 0.168 e. The lowest BCUT2D eigenvalue weighted by Crippen LogP contribution is -2.30. The molecule has 8 nitrogen and oxygen atoms in total. The zero-order chi connectivity index (χ0) is 20.1. The molecule has 1 aliphatic heterocycles. The molecule has 4 atom stereocenters. The number of benzene rings is 2. The van der Waals surface area contributed by atoms with Gasteiger partial charge in [-0.1, -0.05) is 42.5 Å². The number of rotatable bonds is 3. The third-order valence-corrected chi connectivity index (χ3v) is 5.83. The van der Waals surface area contributed by atoms with E-state index in [0.717, 1.165) is 16.3 Å². The van der Waals surface area contributed by atoms with Crippen molar-refractivity contribution in [2.24, 2.45) is 0 Å². The molecule has 2 aromatic carbocycles. The highest BCUT2D eigenvalue weighted by Crippen LogP contribution is 2.36. The molecular formula is C20H19N5O3S. The van der Waals surface area contributed by atoms with Crippen LogP contribution in [0.3, 0.4) is 0 Å². The second-order valence-corrected chi connectivity index (χ2v) is 7.61. The molecule has 0 spiro atoms. The largest absolute Gasteiger partial charge is 0.394 e. The van der Waals surface area contributed by atoms with Gasteiger partial charge in [0.25, 0.3) is 0 Å². The molecule has 1 aliphatic rings. The van der Waals surface area contributed by atoms with Crippen molar-refractivity contribution in [1.29, 1.82) is 0 Å². The fraction of sp³-hybridized carbons (Fsp3) is 0.250. The summed E-state index contributed by atoms with van der Waals surface area (Å²) < 4.78 is 7.47. The van der Waals surface area contributed by atoms with Crippen LogP contribution in [0.2, 0.25) is 0 Å². The van der Waals surface area contributed by atoms with E-state index in [-0.39, 0.29) is 12.4 Å². The summed E-state index contributed by atoms with van der Waals surface area (Å²) in [4.78, 5) is 13.5. The average molecular weight is 409 g/mol. The van der Waals surface area contributed by atoms with Gasteiger partial charge in [0.15, 0.2) is 23.5 Å². The minimum Gasteiger partial charge on any atom is -0.394 e. The summed E-state index contributed by atoms with van der Waals surface area (Å²) in [6.45, 7) is -0.306. The van der Waals surface area contributed by atoms with Crippen molar-refractivity contribution in [3.05, 3.63) is 48.8 Å². The average Bonchev–Trinajstić information content (AvgIpc) is 3.29. The topological polar surface area (TPSA) is 119 Å². The number of nitrogen functional groups attached to an aromatic ring is 1. The first-order chi connectivity index (χ1) is 14.1. The number of nitrogens with two attached hydrogens (primary N) is 1. The molecule has 4 aromatic rings. The van der Waals surface area contributed by atoms with Gasteiger partial charge in [0, 0.05) is 5.56 Å². The van der Waals surface area contributed by atoms with Crippen LogP contribution in [0.25, 0.3) is 33.3 Å². The Hall–Kier alpha value is -2.72. The van der Waals surface area contributed by atoms with Gasteiger partial charge in [0.1, 0.15) is 11.6 Å². The van der Waals surface area contributed by atoms with E-state index in [4.69, 9.17) is 15.5 Å². The highest BCUT2D eigenvalue weighted by Gasteiger charge is 2.43. The number of hydrogen-bond acceptors (Lipinski definition) is 8. The van der Waals surface area contributed by atoms with Crippen LogP contribution in [0.4, 0.5) is 5.82 Å². The summed E-state index contributed by atoms with van der Waals surface area (Å²) in [5.74, 6) is 0.728. The second kappa shape index (κ2) is 6.96. The lowest BCUT2D eigenvalue weighted by Gasteiger charge is -2.17. The Labute approximate surface area is 171 Å². The van der Waals surface area contributed by atoms with Gasteiger partial charge in [-0.15, -0.1) is 0 Å². The molecule has 1 fully saturated rings. The van der Waals surface area contributed by atoms with Crippen LogP contribution in [0.15, 0.2) is 48.8 Å². The molecule has 0 saturated carbocycles. The summed E-state index contributed by atoms with van der Waals surface area (Å²) in [6.07, 6.45) is -0.743. The number of imidazole rings is 1. The maximum atomic E-state index is 10.3. The molecule has 2 aromatic heterocycles. The van der Waals surface area contributed by atoms with Gasteiger partial charge < -0.3 is 20.7 Å². The van der Waals surface area contributed by atoms with E-state index in [1.165, 1.54) is 0 Å². The Kier molecular flexibility index (Phi) is 4.39. The Balaban J connectivity index is 1.68. The molecular weight excluding hydrogens is 390 g/mol. The molecule has 9 heteroatoms. The summed E-state index contributed by atoms with van der Waals surface area (Å²) in [7, 11) is 0. The van der Waals surface area contributed by atoms with Crippen LogP contribution >= 0.6 is 12.6 Å². The zero-order valence-corrected chi connectivity index (χ0v) is 16.1. The number of fused-ring (bicyclic) bond motifs is 2. The molecule has 0 radical (unpaired) electrons. The molecule has 1 saturated heterocycles. The van der Waals surface area contributed by atoms with Crippen molar-refractivity contribution in [2.75, 3.05) is 12.3 Å². The highest BCUT2D eigenvalue weighted by atomic mass is 32.1. The SMILES string of the molecule is Nc1nc(-c2cccc3ccccc23)nc2c1ncn2[C@@H]1O[C@H](CO)[C@@H](O)[C@H]1S. The zero-order valence-electron chi connectivity index (χ0n) is 15.3. The lowest BCUT2D eigenvalue weighted by atomic mass is 10.0. The number of anilines is 1. The van der Waals surface area contributed by atoms with E-state index >= 15 is 0 Å². The van der Waals surface area contributed by atoms with Crippen molar-refractivity contribution >= 4 is 40.4 Å². The molecule has 0 aliphatic carbocycles. The van der Waals surface area contributed by atoms with E-state index in [2.05, 4.69) is 22.6 Å². The van der Waals surface area contributed by atoms with Gasteiger partial charge in [-0.2, -0.15) is 12.6 Å². The van der Waals surface area contributed by atoms with Gasteiger partial charge in [-0.05, 0) is 10.8 Å². The van der Waals surface area contributed by atoms with E-state index in [1.54, 1.807) is 10.9 Å². The first-order valence-corrected chi connectivity index (χ1v) is 9.70. The van der Waals surface area contributed by atoms with Crippen LogP contribution < -0.4 is 5.73 Å². The number of aliphatic hydroxyl groups is 2. The number of nitrogens with zero attached hydrogens (tertiary/aromatic N) is 4. The number of ether oxygens (including phenoxy) is 1. The molecule has 0 bridgehead atoms. The van der Waals surface area contributed by atoms with Crippen LogP contribution in [0.5, 0.6) is 0 Å². The van der Waals surface area contributed by atoms with Crippen molar-refractivity contribution in [1.82, 2.24) is 19.5 Å². The van der Waals surface area contributed by atoms with Crippen LogP contribution in [0.1, 0.15) is 6.23 Å². The predicted molar refractivity (Wildman–Crippen MR) is 112 cm³/mol. The van der Waals surface area contributed by atoms with Crippen LogP contribution in [0, 0.1) is 0 Å². The van der Waals surface area contributed by atoms with E-state index < -0.39 is 23.7 Å². The quantitative estimate of drug-likeness (QED) is 0.381. The molecule has 4 N–H and O–H groups in total. The van der Waals surface area contributed by atoms with Crippen LogP contribution in [-0.2, 0) is 4.74 Å². The first kappa shape index (κ1) is 18.3. The second-order valence-electron chi connectivity index (χ2n) is 7.01. The third kappa shape index (κ3) is 2.85. The Morgan fingerprint density at radius 1 is 1.14 bits per heavy atom. The monoisotopic (exact) mass is 409 g/mol. The van der Waals surface area contributed by atoms with E-state index in [1.807, 2.05) is 42.5 Å². The normalized spacial score (nSPS) is 24.5. The Morgan fingerprint density at radius 3 is 2.72 bits per heavy atom. The molecule has 148 valence electrons. The van der Waals surface area contributed by atoms with Gasteiger partial charge in [-0.25, -0.2) is 15.0 Å². The fourth-order valence-corrected chi connectivity index (χ4v) is 4.18. The molecule has 0 unspecified atom stereocenters. The van der Waals surface area contributed by atoms with Crippen molar-refractivity contribution < 1.29 is 14.9 Å². The molecule has 29 heavy (non-hydrogen) atoms. The van der Waals surface area contributed by atoms with Crippen LogP contribution in [-0.4, -0.2) is 53.8 Å². The highest BCUT2D eigenvalue weighted by molar-refractivity contribution is 7.81.